The van der Waals surface area contributed by atoms with Crippen molar-refractivity contribution in [2.45, 2.75) is 63.4 Å². The van der Waals surface area contributed by atoms with E-state index in [0.29, 0.717) is 0 Å². The van der Waals surface area contributed by atoms with Crippen molar-refractivity contribution in [3.8, 4) is 0 Å². The van der Waals surface area contributed by atoms with E-state index in [1.807, 2.05) is 20.8 Å². The summed E-state index contributed by atoms with van der Waals surface area (Å²) in [6.45, 7) is 8.42. The Morgan fingerprint density at radius 2 is 1.69 bits per heavy atom. The standard InChI is InChI=1S/C20H27NO7S/c1-13(22)26-12-18-17(27-14(2)23)10-11-19(28-18)21-29(24,25)16-8-6-15(7-9-16)20(3,4)5/h6-11,17-19,21H,12H2,1-5H3/t17-,18+,19?/m0/s1. The molecule has 0 aliphatic carbocycles. The monoisotopic (exact) mass is 425 g/mol. The molecule has 0 aromatic heterocycles. The molecule has 0 fully saturated rings. The minimum atomic E-state index is -3.86. The van der Waals surface area contributed by atoms with Crippen LogP contribution in [0.5, 0.6) is 0 Å². The summed E-state index contributed by atoms with van der Waals surface area (Å²) in [4.78, 5) is 22.4. The molecule has 1 heterocycles. The Morgan fingerprint density at radius 3 is 2.21 bits per heavy atom. The Morgan fingerprint density at radius 1 is 1.07 bits per heavy atom. The van der Waals surface area contributed by atoms with Crippen LogP contribution in [0.1, 0.15) is 40.2 Å². The summed E-state index contributed by atoms with van der Waals surface area (Å²) in [6.07, 6.45) is 0.311. The van der Waals surface area contributed by atoms with Gasteiger partial charge in [0.15, 0.2) is 0 Å². The zero-order valence-electron chi connectivity index (χ0n) is 17.2. The largest absolute Gasteiger partial charge is 0.463 e. The molecule has 1 aromatic rings. The molecule has 8 nitrogen and oxygen atoms in total. The molecule has 1 aliphatic rings. The molecule has 0 radical (unpaired) electrons. The Bertz CT molecular complexity index is 869. The third-order valence-electron chi connectivity index (χ3n) is 4.22. The molecule has 1 aliphatic heterocycles. The lowest BCUT2D eigenvalue weighted by molar-refractivity contribution is -0.163. The van der Waals surface area contributed by atoms with E-state index in [4.69, 9.17) is 14.2 Å². The quantitative estimate of drug-likeness (QED) is 0.549. The normalized spacial score (nSPS) is 22.2. The van der Waals surface area contributed by atoms with Crippen molar-refractivity contribution in [3.63, 3.8) is 0 Å². The van der Waals surface area contributed by atoms with Crippen LogP contribution in [0.25, 0.3) is 0 Å². The maximum Gasteiger partial charge on any atom is 0.303 e. The lowest BCUT2D eigenvalue weighted by atomic mass is 9.87. The smallest absolute Gasteiger partial charge is 0.303 e. The lowest BCUT2D eigenvalue weighted by Gasteiger charge is -2.31. The van der Waals surface area contributed by atoms with Crippen molar-refractivity contribution < 1.29 is 32.2 Å². The van der Waals surface area contributed by atoms with Crippen LogP contribution in [0.4, 0.5) is 0 Å². The van der Waals surface area contributed by atoms with Gasteiger partial charge in [0.1, 0.15) is 25.0 Å². The summed E-state index contributed by atoms with van der Waals surface area (Å²) in [5, 5.41) is 0. The number of rotatable bonds is 6. The fourth-order valence-electron chi connectivity index (χ4n) is 2.71. The van der Waals surface area contributed by atoms with E-state index in [1.54, 1.807) is 12.1 Å². The van der Waals surface area contributed by atoms with Crippen LogP contribution in [-0.4, -0.2) is 45.4 Å². The van der Waals surface area contributed by atoms with E-state index >= 15 is 0 Å². The summed E-state index contributed by atoms with van der Waals surface area (Å²) in [7, 11) is -3.86. The molecule has 1 aromatic carbocycles. The third-order valence-corrected chi connectivity index (χ3v) is 5.65. The van der Waals surface area contributed by atoms with Crippen molar-refractivity contribution in [1.29, 1.82) is 0 Å². The highest BCUT2D eigenvalue weighted by molar-refractivity contribution is 7.89. The predicted octanol–water partition coefficient (Wildman–Crippen LogP) is 2.04. The van der Waals surface area contributed by atoms with Crippen LogP contribution in [0, 0.1) is 0 Å². The molecule has 1 N–H and O–H groups in total. The van der Waals surface area contributed by atoms with Gasteiger partial charge in [0.25, 0.3) is 0 Å². The molecular formula is C20H27NO7S. The first-order valence-corrected chi connectivity index (χ1v) is 10.6. The second-order valence-electron chi connectivity index (χ2n) is 7.75. The molecule has 0 bridgehead atoms. The van der Waals surface area contributed by atoms with Crippen LogP contribution in [0.3, 0.4) is 0 Å². The van der Waals surface area contributed by atoms with E-state index in [9.17, 15) is 18.0 Å². The highest BCUT2D eigenvalue weighted by Crippen LogP contribution is 2.24. The Kier molecular flexibility index (Phi) is 7.20. The minimum absolute atomic E-state index is 0.0966. The molecule has 9 heteroatoms. The van der Waals surface area contributed by atoms with Crippen molar-refractivity contribution >= 4 is 22.0 Å². The third kappa shape index (κ3) is 6.66. The highest BCUT2D eigenvalue weighted by Gasteiger charge is 2.32. The summed E-state index contributed by atoms with van der Waals surface area (Å²) < 4.78 is 43.6. The first-order valence-electron chi connectivity index (χ1n) is 9.16. The van der Waals surface area contributed by atoms with E-state index in [-0.39, 0.29) is 16.9 Å². The second kappa shape index (κ2) is 9.06. The Hall–Kier alpha value is -2.23. The number of ether oxygens (including phenoxy) is 3. The van der Waals surface area contributed by atoms with Crippen molar-refractivity contribution in [2.75, 3.05) is 6.61 Å². The second-order valence-corrected chi connectivity index (χ2v) is 9.47. The summed E-state index contributed by atoms with van der Waals surface area (Å²) in [6, 6.07) is 6.61. The van der Waals surface area contributed by atoms with Gasteiger partial charge < -0.3 is 14.2 Å². The summed E-state index contributed by atoms with van der Waals surface area (Å²) >= 11 is 0. The van der Waals surface area contributed by atoms with Gasteiger partial charge in [-0.15, -0.1) is 0 Å². The van der Waals surface area contributed by atoms with Gasteiger partial charge in [0, 0.05) is 13.8 Å². The predicted molar refractivity (Wildman–Crippen MR) is 105 cm³/mol. The molecular weight excluding hydrogens is 398 g/mol. The average molecular weight is 426 g/mol. The number of benzene rings is 1. The van der Waals surface area contributed by atoms with Gasteiger partial charge in [0.05, 0.1) is 4.90 Å². The number of hydrogen-bond donors (Lipinski definition) is 1. The van der Waals surface area contributed by atoms with Crippen molar-refractivity contribution in [3.05, 3.63) is 42.0 Å². The van der Waals surface area contributed by atoms with Gasteiger partial charge in [-0.25, -0.2) is 8.42 Å². The van der Waals surface area contributed by atoms with Crippen LogP contribution >= 0.6 is 0 Å². The topological polar surface area (TPSA) is 108 Å². The van der Waals surface area contributed by atoms with Crippen LogP contribution in [0.15, 0.2) is 41.3 Å². The summed E-state index contributed by atoms with van der Waals surface area (Å²) in [5.41, 5.74) is 0.913. The molecule has 1 unspecified atom stereocenters. The zero-order chi connectivity index (χ0) is 21.8. The Labute approximate surface area is 171 Å². The van der Waals surface area contributed by atoms with Gasteiger partial charge in [-0.1, -0.05) is 32.9 Å². The van der Waals surface area contributed by atoms with Crippen molar-refractivity contribution in [1.82, 2.24) is 4.72 Å². The van der Waals surface area contributed by atoms with Gasteiger partial charge in [-0.2, -0.15) is 4.72 Å². The molecule has 0 amide bonds. The number of carbonyl (C=O) groups is 2. The molecule has 2 rings (SSSR count). The first-order chi connectivity index (χ1) is 13.4. The fraction of sp³-hybridized carbons (Fsp3) is 0.500. The minimum Gasteiger partial charge on any atom is -0.463 e. The Balaban J connectivity index is 2.14. The van der Waals surface area contributed by atoms with Gasteiger partial charge in [0.2, 0.25) is 10.0 Å². The fourth-order valence-corrected chi connectivity index (χ4v) is 3.78. The van der Waals surface area contributed by atoms with Crippen LogP contribution in [-0.2, 0) is 39.2 Å². The van der Waals surface area contributed by atoms with E-state index < -0.39 is 40.4 Å². The first kappa shape index (κ1) is 23.1. The van der Waals surface area contributed by atoms with E-state index in [0.717, 1.165) is 5.56 Å². The van der Waals surface area contributed by atoms with Crippen LogP contribution < -0.4 is 4.72 Å². The molecule has 29 heavy (non-hydrogen) atoms. The molecule has 160 valence electrons. The van der Waals surface area contributed by atoms with E-state index in [1.165, 1.54) is 38.1 Å². The molecule has 0 spiro atoms. The number of esters is 2. The SMILES string of the molecule is CC(=O)OC[C@H]1OC(NS(=O)(=O)c2ccc(C(C)(C)C)cc2)C=C[C@@H]1OC(C)=O. The van der Waals surface area contributed by atoms with Crippen molar-refractivity contribution in [2.24, 2.45) is 0 Å². The average Bonchev–Trinajstić information content (AvgIpc) is 2.60. The van der Waals surface area contributed by atoms with E-state index in [2.05, 4.69) is 4.72 Å². The highest BCUT2D eigenvalue weighted by atomic mass is 32.2. The number of carbonyl (C=O) groups excluding carboxylic acids is 2. The maximum atomic E-state index is 12.7. The van der Waals surface area contributed by atoms with Gasteiger partial charge in [-0.05, 0) is 35.3 Å². The number of nitrogens with one attached hydrogen (secondary N) is 1. The van der Waals surface area contributed by atoms with Crippen LogP contribution in [0.2, 0.25) is 0 Å². The lowest BCUT2D eigenvalue weighted by Crippen LogP contribution is -2.47. The number of hydrogen-bond acceptors (Lipinski definition) is 7. The number of sulfonamides is 1. The molecule has 0 saturated heterocycles. The summed E-state index contributed by atoms with van der Waals surface area (Å²) in [5.74, 6) is -1.06. The molecule has 0 saturated carbocycles. The van der Waals surface area contributed by atoms with Gasteiger partial charge in [-0.3, -0.25) is 9.59 Å². The molecule has 3 atom stereocenters. The zero-order valence-corrected chi connectivity index (χ0v) is 18.0. The maximum absolute atomic E-state index is 12.7. The van der Waals surface area contributed by atoms with Gasteiger partial charge >= 0.3 is 11.9 Å².